The molecule has 0 unspecified atom stereocenters. The minimum absolute atomic E-state index is 0.0678. The number of hydrogen-bond donors (Lipinski definition) is 1. The predicted molar refractivity (Wildman–Crippen MR) is 140 cm³/mol. The standard InChI is InChI=1S/C28H30N4O4/c1-18-10-19(17-32(2)3)12-20(11-18)31-28(33)15-25-27(35-5)14-22(16-30-25)36-26-8-9-29-24-13-21(34-4)6-7-23(24)26/h6-14,16H,15,17H2,1-5H3,(H,31,33). The molecule has 0 aliphatic heterocycles. The van der Waals surface area contributed by atoms with Crippen LogP contribution in [0.15, 0.2) is 60.9 Å². The van der Waals surface area contributed by atoms with Crippen molar-refractivity contribution in [1.82, 2.24) is 14.9 Å². The number of aromatic nitrogens is 2. The fourth-order valence-corrected chi connectivity index (χ4v) is 4.01. The fourth-order valence-electron chi connectivity index (χ4n) is 4.01. The Labute approximate surface area is 210 Å². The van der Waals surface area contributed by atoms with Gasteiger partial charge in [0.25, 0.3) is 0 Å². The van der Waals surface area contributed by atoms with Crippen LogP contribution in [0.4, 0.5) is 5.69 Å². The molecular weight excluding hydrogens is 456 g/mol. The number of fused-ring (bicyclic) bond motifs is 1. The first-order chi connectivity index (χ1) is 17.3. The van der Waals surface area contributed by atoms with Gasteiger partial charge in [0.05, 0.1) is 38.0 Å². The van der Waals surface area contributed by atoms with Gasteiger partial charge in [-0.2, -0.15) is 0 Å². The molecule has 2 aromatic heterocycles. The lowest BCUT2D eigenvalue weighted by molar-refractivity contribution is -0.115. The molecule has 1 amide bonds. The highest BCUT2D eigenvalue weighted by molar-refractivity contribution is 5.92. The lowest BCUT2D eigenvalue weighted by Crippen LogP contribution is -2.17. The Morgan fingerprint density at radius 2 is 1.78 bits per heavy atom. The number of amides is 1. The summed E-state index contributed by atoms with van der Waals surface area (Å²) >= 11 is 0. The molecule has 0 bridgehead atoms. The molecule has 0 spiro atoms. The summed E-state index contributed by atoms with van der Waals surface area (Å²) in [5, 5.41) is 3.82. The zero-order valence-corrected chi connectivity index (χ0v) is 21.2. The van der Waals surface area contributed by atoms with E-state index < -0.39 is 0 Å². The van der Waals surface area contributed by atoms with Crippen LogP contribution < -0.4 is 19.5 Å². The topological polar surface area (TPSA) is 85.8 Å². The average molecular weight is 487 g/mol. The number of carbonyl (C=O) groups is 1. The maximum Gasteiger partial charge on any atom is 0.230 e. The number of carbonyl (C=O) groups excluding carboxylic acids is 1. The molecule has 2 aromatic carbocycles. The van der Waals surface area contributed by atoms with Gasteiger partial charge < -0.3 is 24.4 Å². The first-order valence-corrected chi connectivity index (χ1v) is 11.5. The number of rotatable bonds is 9. The summed E-state index contributed by atoms with van der Waals surface area (Å²) < 4.78 is 16.9. The van der Waals surface area contributed by atoms with Gasteiger partial charge in [-0.05, 0) is 62.5 Å². The molecule has 0 radical (unpaired) electrons. The van der Waals surface area contributed by atoms with Crippen LogP contribution in [0.25, 0.3) is 10.9 Å². The van der Waals surface area contributed by atoms with E-state index in [4.69, 9.17) is 14.2 Å². The Morgan fingerprint density at radius 1 is 0.944 bits per heavy atom. The summed E-state index contributed by atoms with van der Waals surface area (Å²) in [6.45, 7) is 2.81. The van der Waals surface area contributed by atoms with Crippen molar-refractivity contribution in [2.45, 2.75) is 19.9 Å². The summed E-state index contributed by atoms with van der Waals surface area (Å²) in [5.41, 5.74) is 4.26. The van der Waals surface area contributed by atoms with Crippen LogP contribution in [0.3, 0.4) is 0 Å². The van der Waals surface area contributed by atoms with E-state index in [0.717, 1.165) is 40.0 Å². The highest BCUT2D eigenvalue weighted by atomic mass is 16.5. The van der Waals surface area contributed by atoms with Gasteiger partial charge in [-0.25, -0.2) is 0 Å². The molecule has 36 heavy (non-hydrogen) atoms. The van der Waals surface area contributed by atoms with E-state index in [1.807, 2.05) is 51.4 Å². The van der Waals surface area contributed by atoms with Crippen molar-refractivity contribution in [3.05, 3.63) is 77.7 Å². The van der Waals surface area contributed by atoms with Gasteiger partial charge in [-0.3, -0.25) is 14.8 Å². The molecule has 0 saturated heterocycles. The van der Waals surface area contributed by atoms with Crippen LogP contribution in [0.5, 0.6) is 23.0 Å². The van der Waals surface area contributed by atoms with Crippen LogP contribution in [0, 0.1) is 6.92 Å². The molecule has 1 N–H and O–H groups in total. The number of methoxy groups -OCH3 is 2. The highest BCUT2D eigenvalue weighted by Gasteiger charge is 2.14. The van der Waals surface area contributed by atoms with Crippen molar-refractivity contribution in [2.75, 3.05) is 33.6 Å². The van der Waals surface area contributed by atoms with Gasteiger partial charge in [0.2, 0.25) is 5.91 Å². The Kier molecular flexibility index (Phi) is 7.65. The van der Waals surface area contributed by atoms with Gasteiger partial charge in [0.1, 0.15) is 23.0 Å². The van der Waals surface area contributed by atoms with Crippen molar-refractivity contribution in [3.63, 3.8) is 0 Å². The third-order valence-electron chi connectivity index (χ3n) is 5.51. The number of aryl methyl sites for hydroxylation is 1. The van der Waals surface area contributed by atoms with E-state index in [9.17, 15) is 4.79 Å². The largest absolute Gasteiger partial charge is 0.497 e. The first-order valence-electron chi connectivity index (χ1n) is 11.5. The van der Waals surface area contributed by atoms with Crippen LogP contribution in [0.1, 0.15) is 16.8 Å². The van der Waals surface area contributed by atoms with E-state index >= 15 is 0 Å². The first kappa shape index (κ1) is 24.9. The lowest BCUT2D eigenvalue weighted by Gasteiger charge is -2.14. The third kappa shape index (κ3) is 6.09. The quantitative estimate of drug-likeness (QED) is 0.357. The minimum Gasteiger partial charge on any atom is -0.497 e. The van der Waals surface area contributed by atoms with E-state index in [0.29, 0.717) is 22.9 Å². The molecule has 0 aliphatic rings. The summed E-state index contributed by atoms with van der Waals surface area (Å²) in [5.74, 6) is 2.14. The molecule has 0 fully saturated rings. The predicted octanol–water partition coefficient (Wildman–Crippen LogP) is 4.99. The number of anilines is 1. The third-order valence-corrected chi connectivity index (χ3v) is 5.51. The molecular formula is C28H30N4O4. The van der Waals surface area contributed by atoms with E-state index in [1.165, 1.54) is 0 Å². The normalized spacial score (nSPS) is 10.9. The SMILES string of the molecule is COc1ccc2c(Oc3cnc(CC(=O)Nc4cc(C)cc(CN(C)C)c4)c(OC)c3)ccnc2c1. The van der Waals surface area contributed by atoms with Crippen LogP contribution in [0.2, 0.25) is 0 Å². The van der Waals surface area contributed by atoms with Gasteiger partial charge in [-0.1, -0.05) is 6.07 Å². The second kappa shape index (κ2) is 11.0. The van der Waals surface area contributed by atoms with Crippen LogP contribution >= 0.6 is 0 Å². The zero-order chi connectivity index (χ0) is 25.7. The van der Waals surface area contributed by atoms with Crippen LogP contribution in [-0.4, -0.2) is 49.1 Å². The summed E-state index contributed by atoms with van der Waals surface area (Å²) in [7, 11) is 7.19. The second-order valence-electron chi connectivity index (χ2n) is 8.78. The molecule has 0 aliphatic carbocycles. The lowest BCUT2D eigenvalue weighted by atomic mass is 10.1. The molecule has 8 nitrogen and oxygen atoms in total. The Balaban J connectivity index is 1.49. The summed E-state index contributed by atoms with van der Waals surface area (Å²) in [6, 6.07) is 15.2. The minimum atomic E-state index is -0.176. The number of nitrogens with one attached hydrogen (secondary N) is 1. The van der Waals surface area contributed by atoms with E-state index in [1.54, 1.807) is 38.7 Å². The number of pyridine rings is 2. The van der Waals surface area contributed by atoms with Crippen LogP contribution in [-0.2, 0) is 17.8 Å². The summed E-state index contributed by atoms with van der Waals surface area (Å²) in [4.78, 5) is 23.7. The number of benzene rings is 2. The number of nitrogens with zero attached hydrogens (tertiary/aromatic N) is 3. The smallest absolute Gasteiger partial charge is 0.230 e. The second-order valence-corrected chi connectivity index (χ2v) is 8.78. The molecule has 8 heteroatoms. The van der Waals surface area contributed by atoms with Crippen molar-refractivity contribution < 1.29 is 19.0 Å². The molecule has 186 valence electrons. The molecule has 4 aromatic rings. The van der Waals surface area contributed by atoms with Crippen molar-refractivity contribution in [1.29, 1.82) is 0 Å². The van der Waals surface area contributed by atoms with Gasteiger partial charge in [0, 0.05) is 35.9 Å². The maximum atomic E-state index is 12.8. The van der Waals surface area contributed by atoms with Crippen molar-refractivity contribution >= 4 is 22.5 Å². The Bertz CT molecular complexity index is 1390. The van der Waals surface area contributed by atoms with E-state index in [-0.39, 0.29) is 12.3 Å². The molecule has 0 saturated carbocycles. The molecule has 2 heterocycles. The fraction of sp³-hybridized carbons (Fsp3) is 0.250. The monoisotopic (exact) mass is 486 g/mol. The Morgan fingerprint density at radius 3 is 2.53 bits per heavy atom. The zero-order valence-electron chi connectivity index (χ0n) is 21.2. The van der Waals surface area contributed by atoms with Crippen molar-refractivity contribution in [3.8, 4) is 23.0 Å². The molecule has 4 rings (SSSR count). The van der Waals surface area contributed by atoms with Gasteiger partial charge in [-0.15, -0.1) is 0 Å². The van der Waals surface area contributed by atoms with Gasteiger partial charge >= 0.3 is 0 Å². The van der Waals surface area contributed by atoms with Crippen molar-refractivity contribution in [2.24, 2.45) is 0 Å². The van der Waals surface area contributed by atoms with E-state index in [2.05, 4.69) is 26.3 Å². The average Bonchev–Trinajstić information content (AvgIpc) is 2.83. The molecule has 0 atom stereocenters. The number of hydrogen-bond acceptors (Lipinski definition) is 7. The maximum absolute atomic E-state index is 12.8. The number of ether oxygens (including phenoxy) is 3. The summed E-state index contributed by atoms with van der Waals surface area (Å²) in [6.07, 6.45) is 3.33. The highest BCUT2D eigenvalue weighted by Crippen LogP contribution is 2.32. The van der Waals surface area contributed by atoms with Gasteiger partial charge in [0.15, 0.2) is 0 Å². The Hall–Kier alpha value is -4.17.